The van der Waals surface area contributed by atoms with Crippen LogP contribution in [0, 0.1) is 24.6 Å². The van der Waals surface area contributed by atoms with Gasteiger partial charge in [0.1, 0.15) is 12.0 Å². The van der Waals surface area contributed by atoms with Crippen molar-refractivity contribution < 1.29 is 28.7 Å². The molecule has 6 aromatic rings. The molecule has 65 heavy (non-hydrogen) atoms. The Labute approximate surface area is 380 Å². The first-order valence-electron chi connectivity index (χ1n) is 22.5. The van der Waals surface area contributed by atoms with Gasteiger partial charge in [-0.25, -0.2) is 9.37 Å². The molecule has 1 unspecified atom stereocenters. The van der Waals surface area contributed by atoms with Crippen LogP contribution < -0.4 is 16.0 Å². The molecule has 3 aliphatic rings. The topological polar surface area (TPSA) is 205 Å². The van der Waals surface area contributed by atoms with Gasteiger partial charge in [-0.05, 0) is 80.7 Å². The highest BCUT2D eigenvalue weighted by Crippen LogP contribution is 2.37. The molecule has 3 saturated heterocycles. The van der Waals surface area contributed by atoms with Gasteiger partial charge in [-0.1, -0.05) is 49.3 Å². The number of aromatic nitrogens is 6. The third-order valence-corrected chi connectivity index (χ3v) is 14.5. The zero-order valence-electron chi connectivity index (χ0n) is 37.1. The van der Waals surface area contributed by atoms with Crippen molar-refractivity contribution in [3.05, 3.63) is 82.9 Å². The van der Waals surface area contributed by atoms with E-state index in [9.17, 15) is 24.2 Å². The number of para-hydroxylation sites is 1. The maximum absolute atomic E-state index is 14.3. The molecule has 5 N–H and O–H groups in total. The number of β-amino-alcohol motifs (C(OH)–C–C–N with tert-alkyl or cyclic N) is 1. The number of likely N-dealkylation sites (tertiary alicyclic amines) is 2. The number of piperidine rings is 2. The Hall–Kier alpha value is -5.98. The number of aryl methyl sites for hydroxylation is 1. The van der Waals surface area contributed by atoms with Crippen LogP contribution in [0.15, 0.2) is 64.6 Å². The van der Waals surface area contributed by atoms with E-state index in [1.165, 1.54) is 17.0 Å². The van der Waals surface area contributed by atoms with Crippen LogP contribution in [0.1, 0.15) is 87.9 Å². The number of hydrogen-bond acceptors (Lipinski definition) is 14. The fraction of sp³-hybridized carbons (Fsp3) is 0.468. The first-order chi connectivity index (χ1) is 31.3. The van der Waals surface area contributed by atoms with Crippen LogP contribution in [0.4, 0.5) is 16.0 Å². The van der Waals surface area contributed by atoms with Gasteiger partial charge in [0.05, 0.1) is 45.5 Å². The molecular weight excluding hydrogens is 850 g/mol. The smallest absolute Gasteiger partial charge is 0.243 e. The average Bonchev–Trinajstić information content (AvgIpc) is 4.12. The predicted octanol–water partition coefficient (Wildman–Crippen LogP) is 6.47. The molecule has 0 radical (unpaired) electrons. The number of nitrogens with one attached hydrogen (secondary N) is 1. The number of carbonyl (C=O) groups excluding carboxylic acids is 2. The molecule has 3 fully saturated rings. The lowest BCUT2D eigenvalue weighted by molar-refractivity contribution is -0.141. The van der Waals surface area contributed by atoms with Gasteiger partial charge in [-0.2, -0.15) is 5.10 Å². The first-order valence-corrected chi connectivity index (χ1v) is 23.4. The van der Waals surface area contributed by atoms with Gasteiger partial charge in [0, 0.05) is 57.3 Å². The van der Waals surface area contributed by atoms with Crippen LogP contribution in [0.3, 0.4) is 0 Å². The summed E-state index contributed by atoms with van der Waals surface area (Å²) in [5, 5.41) is 41.7. The third kappa shape index (κ3) is 9.03. The van der Waals surface area contributed by atoms with Crippen molar-refractivity contribution in [3.63, 3.8) is 0 Å². The van der Waals surface area contributed by atoms with Crippen molar-refractivity contribution in [2.75, 3.05) is 49.9 Å². The fourth-order valence-electron chi connectivity index (χ4n) is 9.83. The Morgan fingerprint density at radius 1 is 1.02 bits per heavy atom. The summed E-state index contributed by atoms with van der Waals surface area (Å²) in [4.78, 5) is 39.8. The number of amides is 2. The molecule has 0 bridgehead atoms. The van der Waals surface area contributed by atoms with Crippen molar-refractivity contribution in [1.29, 1.82) is 0 Å². The van der Waals surface area contributed by atoms with Gasteiger partial charge in [-0.15, -0.1) is 21.5 Å². The monoisotopic (exact) mass is 905 g/mol. The maximum atomic E-state index is 14.3. The summed E-state index contributed by atoms with van der Waals surface area (Å²) in [6.07, 6.45) is 3.06. The lowest BCUT2D eigenvalue weighted by atomic mass is 9.91. The minimum absolute atomic E-state index is 0.0680. The van der Waals surface area contributed by atoms with Crippen molar-refractivity contribution in [2.24, 2.45) is 11.8 Å². The van der Waals surface area contributed by atoms with E-state index < -0.39 is 29.6 Å². The van der Waals surface area contributed by atoms with Gasteiger partial charge in [0.25, 0.3) is 0 Å². The highest BCUT2D eigenvalue weighted by Gasteiger charge is 2.44. The van der Waals surface area contributed by atoms with Gasteiger partial charge in [0.15, 0.2) is 34.5 Å². The third-order valence-electron chi connectivity index (χ3n) is 13.5. The number of aliphatic hydroxyl groups is 1. The van der Waals surface area contributed by atoms with E-state index in [0.717, 1.165) is 80.1 Å². The lowest BCUT2D eigenvalue weighted by Crippen LogP contribution is -2.48. The van der Waals surface area contributed by atoms with Crippen LogP contribution >= 0.6 is 11.3 Å². The van der Waals surface area contributed by atoms with Gasteiger partial charge in [0.2, 0.25) is 11.8 Å². The summed E-state index contributed by atoms with van der Waals surface area (Å²) in [6.45, 7) is 12.3. The highest BCUT2D eigenvalue weighted by atomic mass is 32.1. The molecule has 0 saturated carbocycles. The standard InChI is InChI=1S/C47H56FN11O5S/c1-26(2)41(47(63)58-24-33(60)20-38(58)46(62)51-27(3)30-8-10-31(11-9-30)44-28(4)50-25-65-44)39-22-40(55-64-39)57-18-12-29(13-19-57)23-56-16-14-32(15-17-56)59-37-21-36(52-53-42(37)45(49)54-59)34-6-5-7-35(48)43(34)61/h5-11,21-22,25-27,29,32-33,38,41,60-61H,12-20,23-24H2,1-4H3,(H2,49,54)(H,51,62)/t27-,33+,38-,41?/m0/s1. The molecule has 16 nitrogen and oxygen atoms in total. The van der Waals surface area contributed by atoms with Gasteiger partial charge in [-0.3, -0.25) is 14.3 Å². The second kappa shape index (κ2) is 18.5. The number of phenolic OH excluding ortho intramolecular Hbond substituents is 1. The molecule has 2 aromatic carbocycles. The van der Waals surface area contributed by atoms with Crippen molar-refractivity contribution >= 4 is 45.8 Å². The zero-order valence-corrected chi connectivity index (χ0v) is 37.9. The van der Waals surface area contributed by atoms with E-state index in [1.807, 2.05) is 68.2 Å². The number of fused-ring (bicyclic) bond motifs is 1. The molecule has 3 aliphatic heterocycles. The lowest BCUT2D eigenvalue weighted by Gasteiger charge is -2.37. The van der Waals surface area contributed by atoms with E-state index in [4.69, 9.17) is 10.3 Å². The molecule has 0 aliphatic carbocycles. The summed E-state index contributed by atoms with van der Waals surface area (Å²) in [6, 6.07) is 15.0. The number of nitrogens with zero attached hydrogens (tertiary/aromatic N) is 9. The summed E-state index contributed by atoms with van der Waals surface area (Å²) >= 11 is 1.59. The van der Waals surface area contributed by atoms with Crippen LogP contribution in [-0.4, -0.2) is 113 Å². The molecule has 4 atom stereocenters. The molecule has 9 rings (SSSR count). The summed E-state index contributed by atoms with van der Waals surface area (Å²) in [5.41, 5.74) is 12.9. The number of phenols is 1. The summed E-state index contributed by atoms with van der Waals surface area (Å²) in [7, 11) is 0. The van der Waals surface area contributed by atoms with Crippen LogP contribution in [0.25, 0.3) is 32.7 Å². The SMILES string of the molecule is Cc1ncsc1-c1ccc([C@H](C)NC(=O)[C@@H]2C[C@@H](O)CN2C(=O)C(c2cc(N3CCC(CN4CCC(n5nc(N)c6nnc(-c7cccc(F)c7O)cc65)CC4)CC3)no2)C(C)C)cc1. The van der Waals surface area contributed by atoms with E-state index in [-0.39, 0.29) is 54.2 Å². The number of nitrogens with two attached hydrogens (primary N) is 1. The molecule has 2 amide bonds. The maximum Gasteiger partial charge on any atom is 0.243 e. The summed E-state index contributed by atoms with van der Waals surface area (Å²) in [5.74, 6) is -0.628. The number of carbonyl (C=O) groups is 2. The normalized spacial score (nSPS) is 19.9. The molecule has 18 heteroatoms. The molecule has 4 aromatic heterocycles. The van der Waals surface area contributed by atoms with E-state index >= 15 is 0 Å². The molecule has 7 heterocycles. The van der Waals surface area contributed by atoms with Gasteiger partial charge < -0.3 is 40.5 Å². The minimum atomic E-state index is -0.816. The van der Waals surface area contributed by atoms with Crippen LogP contribution in [-0.2, 0) is 9.59 Å². The van der Waals surface area contributed by atoms with Crippen LogP contribution in [0.2, 0.25) is 0 Å². The number of halogens is 1. The second-order valence-corrected chi connectivity index (χ2v) is 19.1. The number of aromatic hydroxyl groups is 1. The fourth-order valence-corrected chi connectivity index (χ4v) is 10.6. The number of hydrogen-bond donors (Lipinski definition) is 4. The highest BCUT2D eigenvalue weighted by molar-refractivity contribution is 7.13. The molecule has 342 valence electrons. The van der Waals surface area contributed by atoms with Gasteiger partial charge >= 0.3 is 0 Å². The Bertz CT molecular complexity index is 2650. The molecule has 0 spiro atoms. The number of rotatable bonds is 12. The largest absolute Gasteiger partial charge is 0.504 e. The number of benzene rings is 2. The quantitative estimate of drug-likeness (QED) is 0.104. The zero-order chi connectivity index (χ0) is 45.5. The van der Waals surface area contributed by atoms with Crippen LogP contribution in [0.5, 0.6) is 5.75 Å². The number of thiazole rings is 1. The number of anilines is 2. The molecular formula is C47H56FN11O5S. The van der Waals surface area contributed by atoms with Crippen molar-refractivity contribution in [1.82, 2.24) is 45.2 Å². The Morgan fingerprint density at radius 3 is 2.48 bits per heavy atom. The van der Waals surface area contributed by atoms with E-state index in [1.54, 1.807) is 23.5 Å². The van der Waals surface area contributed by atoms with E-state index in [0.29, 0.717) is 34.2 Å². The minimum Gasteiger partial charge on any atom is -0.504 e. The first kappa shape index (κ1) is 44.2. The number of nitrogen functional groups attached to an aromatic ring is 1. The van der Waals surface area contributed by atoms with Crippen molar-refractivity contribution in [3.8, 4) is 27.4 Å². The summed E-state index contributed by atoms with van der Waals surface area (Å²) < 4.78 is 22.0. The Kier molecular flexibility index (Phi) is 12.6. The number of aliphatic hydroxyl groups excluding tert-OH is 1. The second-order valence-electron chi connectivity index (χ2n) is 18.2. The predicted molar refractivity (Wildman–Crippen MR) is 245 cm³/mol. The Balaban J connectivity index is 0.779. The van der Waals surface area contributed by atoms with E-state index in [2.05, 4.69) is 40.6 Å². The average molecular weight is 906 g/mol. The Morgan fingerprint density at radius 2 is 1.77 bits per heavy atom. The van der Waals surface area contributed by atoms with Crippen molar-refractivity contribution in [2.45, 2.75) is 89.9 Å².